The maximum atomic E-state index is 10.4. The average Bonchev–Trinajstić information content (AvgIpc) is 2.86. The van der Waals surface area contributed by atoms with Crippen LogP contribution in [0.25, 0.3) is 0 Å². The van der Waals surface area contributed by atoms with Crippen molar-refractivity contribution in [3.05, 3.63) is 0 Å². The fourth-order valence-electron chi connectivity index (χ4n) is 3.39. The Morgan fingerprint density at radius 1 is 1.18 bits per heavy atom. The summed E-state index contributed by atoms with van der Waals surface area (Å²) >= 11 is 0. The number of ether oxygens (including phenoxy) is 2. The average molecular weight is 241 g/mol. The molecule has 0 aliphatic carbocycles. The molecule has 3 rings (SSSR count). The van der Waals surface area contributed by atoms with Gasteiger partial charge in [0.05, 0.1) is 25.4 Å². The first-order valence-electron chi connectivity index (χ1n) is 6.96. The first kappa shape index (κ1) is 11.9. The molecule has 4 heteroatoms. The van der Waals surface area contributed by atoms with Crippen molar-refractivity contribution in [1.29, 1.82) is 0 Å². The van der Waals surface area contributed by atoms with Crippen molar-refractivity contribution in [2.75, 3.05) is 32.9 Å². The summed E-state index contributed by atoms with van der Waals surface area (Å²) in [5.41, 5.74) is 0. The number of aliphatic hydroxyl groups is 1. The molecule has 0 aromatic rings. The molecule has 0 radical (unpaired) electrons. The molecule has 1 N–H and O–H groups in total. The van der Waals surface area contributed by atoms with Gasteiger partial charge in [0.2, 0.25) is 0 Å². The van der Waals surface area contributed by atoms with E-state index in [4.69, 9.17) is 9.47 Å². The van der Waals surface area contributed by atoms with Crippen molar-refractivity contribution in [1.82, 2.24) is 4.90 Å². The van der Waals surface area contributed by atoms with Crippen LogP contribution < -0.4 is 0 Å². The quantitative estimate of drug-likeness (QED) is 0.770. The van der Waals surface area contributed by atoms with Crippen LogP contribution in [0.15, 0.2) is 0 Å². The summed E-state index contributed by atoms with van der Waals surface area (Å²) < 4.78 is 11.3. The number of fused-ring (bicyclic) bond motifs is 1. The van der Waals surface area contributed by atoms with Gasteiger partial charge in [-0.05, 0) is 32.2 Å². The summed E-state index contributed by atoms with van der Waals surface area (Å²) in [4.78, 5) is 2.49. The van der Waals surface area contributed by atoms with Crippen molar-refractivity contribution in [3.63, 3.8) is 0 Å². The van der Waals surface area contributed by atoms with E-state index in [0.717, 1.165) is 32.6 Å². The monoisotopic (exact) mass is 241 g/mol. The zero-order valence-electron chi connectivity index (χ0n) is 10.4. The van der Waals surface area contributed by atoms with Gasteiger partial charge in [0.25, 0.3) is 0 Å². The molecule has 0 aromatic carbocycles. The van der Waals surface area contributed by atoms with Crippen LogP contribution in [-0.2, 0) is 9.47 Å². The van der Waals surface area contributed by atoms with E-state index in [0.29, 0.717) is 12.6 Å². The normalized spacial score (nSPS) is 41.1. The van der Waals surface area contributed by atoms with E-state index in [9.17, 15) is 5.11 Å². The lowest BCUT2D eigenvalue weighted by Crippen LogP contribution is -2.52. The van der Waals surface area contributed by atoms with E-state index >= 15 is 0 Å². The summed E-state index contributed by atoms with van der Waals surface area (Å²) in [6.07, 6.45) is 4.33. The molecule has 0 bridgehead atoms. The zero-order chi connectivity index (χ0) is 11.7. The Hall–Kier alpha value is -0.160. The predicted molar refractivity (Wildman–Crippen MR) is 63.9 cm³/mol. The Morgan fingerprint density at radius 2 is 2.12 bits per heavy atom. The lowest BCUT2D eigenvalue weighted by atomic mass is 9.91. The second-order valence-corrected chi connectivity index (χ2v) is 5.63. The standard InChI is InChI=1S/C13H23NO3/c15-13(10-3-2-6-16-8-10)12-7-14-5-1-4-11(14)9-17-12/h10-13,15H,1-9H2. The number of rotatable bonds is 2. The largest absolute Gasteiger partial charge is 0.390 e. The van der Waals surface area contributed by atoms with Gasteiger partial charge in [0, 0.05) is 25.1 Å². The van der Waals surface area contributed by atoms with Crippen LogP contribution in [0.3, 0.4) is 0 Å². The number of aliphatic hydroxyl groups excluding tert-OH is 1. The maximum absolute atomic E-state index is 10.4. The van der Waals surface area contributed by atoms with Gasteiger partial charge in [-0.15, -0.1) is 0 Å². The van der Waals surface area contributed by atoms with E-state index in [2.05, 4.69) is 4.90 Å². The highest BCUT2D eigenvalue weighted by Gasteiger charge is 2.38. The van der Waals surface area contributed by atoms with E-state index in [1.54, 1.807) is 0 Å². The highest BCUT2D eigenvalue weighted by Crippen LogP contribution is 2.27. The van der Waals surface area contributed by atoms with Crippen LogP contribution >= 0.6 is 0 Å². The number of morpholine rings is 1. The minimum absolute atomic E-state index is 0.00366. The highest BCUT2D eigenvalue weighted by molar-refractivity contribution is 4.89. The van der Waals surface area contributed by atoms with Crippen LogP contribution in [0.1, 0.15) is 25.7 Å². The fourth-order valence-corrected chi connectivity index (χ4v) is 3.39. The van der Waals surface area contributed by atoms with E-state index in [1.807, 2.05) is 0 Å². The van der Waals surface area contributed by atoms with Gasteiger partial charge >= 0.3 is 0 Å². The summed E-state index contributed by atoms with van der Waals surface area (Å²) in [5, 5.41) is 10.4. The minimum atomic E-state index is -0.350. The van der Waals surface area contributed by atoms with Crippen LogP contribution in [0, 0.1) is 5.92 Å². The summed E-state index contributed by atoms with van der Waals surface area (Å²) in [6.45, 7) is 4.43. The molecule has 0 amide bonds. The molecule has 4 unspecified atom stereocenters. The summed E-state index contributed by atoms with van der Waals surface area (Å²) in [5.74, 6) is 0.271. The van der Waals surface area contributed by atoms with Crippen LogP contribution in [0.5, 0.6) is 0 Å². The van der Waals surface area contributed by atoms with Crippen molar-refractivity contribution >= 4 is 0 Å². The summed E-state index contributed by atoms with van der Waals surface area (Å²) in [6, 6.07) is 0.612. The van der Waals surface area contributed by atoms with Gasteiger partial charge in [-0.25, -0.2) is 0 Å². The molecule has 0 aromatic heterocycles. The van der Waals surface area contributed by atoms with Gasteiger partial charge in [0.1, 0.15) is 0 Å². The summed E-state index contributed by atoms with van der Waals surface area (Å²) in [7, 11) is 0. The third-order valence-electron chi connectivity index (χ3n) is 4.48. The van der Waals surface area contributed by atoms with Crippen molar-refractivity contribution in [2.24, 2.45) is 5.92 Å². The lowest BCUT2D eigenvalue weighted by molar-refractivity contribution is -0.132. The molecular weight excluding hydrogens is 218 g/mol. The molecule has 17 heavy (non-hydrogen) atoms. The molecule has 3 saturated heterocycles. The minimum Gasteiger partial charge on any atom is -0.390 e. The second kappa shape index (κ2) is 5.22. The molecule has 3 heterocycles. The first-order chi connectivity index (χ1) is 8.34. The smallest absolute Gasteiger partial charge is 0.0964 e. The number of hydrogen-bond donors (Lipinski definition) is 1. The Morgan fingerprint density at radius 3 is 2.94 bits per heavy atom. The molecule has 3 aliphatic rings. The second-order valence-electron chi connectivity index (χ2n) is 5.63. The maximum Gasteiger partial charge on any atom is 0.0964 e. The van der Waals surface area contributed by atoms with Gasteiger partial charge in [-0.1, -0.05) is 0 Å². The first-order valence-corrected chi connectivity index (χ1v) is 6.96. The van der Waals surface area contributed by atoms with Gasteiger partial charge in [0.15, 0.2) is 0 Å². The van der Waals surface area contributed by atoms with Gasteiger partial charge < -0.3 is 14.6 Å². The molecule has 98 valence electrons. The van der Waals surface area contributed by atoms with Crippen molar-refractivity contribution in [3.8, 4) is 0 Å². The van der Waals surface area contributed by atoms with Crippen LogP contribution in [0.2, 0.25) is 0 Å². The Bertz CT molecular complexity index is 255. The molecule has 0 saturated carbocycles. The SMILES string of the molecule is OC(C1CCCOC1)C1CN2CCCC2CO1. The lowest BCUT2D eigenvalue weighted by Gasteiger charge is -2.40. The molecular formula is C13H23NO3. The third kappa shape index (κ3) is 2.50. The van der Waals surface area contributed by atoms with E-state index in [-0.39, 0.29) is 18.1 Å². The molecule has 0 spiro atoms. The van der Waals surface area contributed by atoms with E-state index in [1.165, 1.54) is 19.4 Å². The molecule has 3 aliphatic heterocycles. The topological polar surface area (TPSA) is 41.9 Å². The number of hydrogen-bond acceptors (Lipinski definition) is 4. The zero-order valence-corrected chi connectivity index (χ0v) is 10.4. The Labute approximate surface area is 103 Å². The van der Waals surface area contributed by atoms with Gasteiger partial charge in [-0.2, -0.15) is 0 Å². The highest BCUT2D eigenvalue weighted by atomic mass is 16.5. The predicted octanol–water partition coefficient (Wildman–Crippen LogP) is 0.637. The molecule has 3 fully saturated rings. The van der Waals surface area contributed by atoms with Crippen molar-refractivity contribution < 1.29 is 14.6 Å². The van der Waals surface area contributed by atoms with Gasteiger partial charge in [-0.3, -0.25) is 4.90 Å². The Kier molecular flexibility index (Phi) is 3.66. The Balaban J connectivity index is 1.56. The van der Waals surface area contributed by atoms with Crippen molar-refractivity contribution in [2.45, 2.75) is 43.9 Å². The molecule has 4 nitrogen and oxygen atoms in total. The fraction of sp³-hybridized carbons (Fsp3) is 1.00. The third-order valence-corrected chi connectivity index (χ3v) is 4.48. The molecule has 4 atom stereocenters. The number of nitrogens with zero attached hydrogens (tertiary/aromatic N) is 1. The van der Waals surface area contributed by atoms with Crippen LogP contribution in [-0.4, -0.2) is 61.2 Å². The van der Waals surface area contributed by atoms with E-state index < -0.39 is 0 Å². The van der Waals surface area contributed by atoms with Crippen LogP contribution in [0.4, 0.5) is 0 Å².